The maximum Gasteiger partial charge on any atom is 0.435 e. The molecule has 0 spiro atoms. The van der Waals surface area contributed by atoms with Crippen LogP contribution < -0.4 is 9.80 Å². The Kier molecular flexibility index (Phi) is 6.47. The molecule has 0 amide bonds. The Bertz CT molecular complexity index is 1420. The summed E-state index contributed by atoms with van der Waals surface area (Å²) in [4.78, 5) is 9.09. The lowest BCUT2D eigenvalue weighted by atomic mass is 9.88. The first kappa shape index (κ1) is 27.0. The molecule has 0 saturated carbocycles. The van der Waals surface area contributed by atoms with Crippen molar-refractivity contribution in [1.82, 2.24) is 24.5 Å². The van der Waals surface area contributed by atoms with Gasteiger partial charge in [-0.2, -0.15) is 28.1 Å². The smallest absolute Gasteiger partial charge is 0.390 e. The first-order valence-electron chi connectivity index (χ1n) is 14.6. The van der Waals surface area contributed by atoms with Crippen molar-refractivity contribution in [3.63, 3.8) is 0 Å². The standard InChI is InChI=1S/C28H36F3N7O3/c1-17-14-27(2,39)9-11-35(17)20-13-22(37-18-6-7-19(37)16-40-15-18)32-26-24(20)25(28(29,30)31)34-38(26)21-8-10-36(33-21)23-5-3-4-12-41-23/h8,10,13,17-19,23,39H,3-7,9,11-12,14-16H2,1-2H3/t17-,18?,19?,23?,27?/m1/s1. The lowest BCUT2D eigenvalue weighted by Gasteiger charge is -2.43. The van der Waals surface area contributed by atoms with E-state index in [2.05, 4.69) is 15.1 Å². The molecule has 4 aliphatic rings. The van der Waals surface area contributed by atoms with Crippen LogP contribution in [0.3, 0.4) is 0 Å². The monoisotopic (exact) mass is 575 g/mol. The van der Waals surface area contributed by atoms with Crippen molar-refractivity contribution in [1.29, 1.82) is 0 Å². The Labute approximate surface area is 236 Å². The number of anilines is 2. The van der Waals surface area contributed by atoms with Crippen molar-refractivity contribution >= 4 is 22.5 Å². The third-order valence-electron chi connectivity index (χ3n) is 9.11. The molecule has 41 heavy (non-hydrogen) atoms. The van der Waals surface area contributed by atoms with Crippen LogP contribution in [0.1, 0.15) is 70.7 Å². The van der Waals surface area contributed by atoms with Gasteiger partial charge in [0.25, 0.3) is 0 Å². The summed E-state index contributed by atoms with van der Waals surface area (Å²) in [6.07, 6.45) is 2.31. The van der Waals surface area contributed by atoms with Crippen LogP contribution >= 0.6 is 0 Å². The molecule has 2 bridgehead atoms. The molecule has 222 valence electrons. The minimum absolute atomic E-state index is 0.0429. The number of nitrogens with zero attached hydrogens (tertiary/aromatic N) is 7. The molecule has 0 aromatic carbocycles. The van der Waals surface area contributed by atoms with Gasteiger partial charge in [-0.1, -0.05) is 0 Å². The zero-order valence-corrected chi connectivity index (χ0v) is 23.3. The Morgan fingerprint density at radius 1 is 1.07 bits per heavy atom. The molecular weight excluding hydrogens is 539 g/mol. The lowest BCUT2D eigenvalue weighted by Crippen LogP contribution is -2.48. The average Bonchev–Trinajstić information content (AvgIpc) is 3.62. The minimum Gasteiger partial charge on any atom is -0.390 e. The normalized spacial score (nSPS) is 30.9. The zero-order valence-electron chi connectivity index (χ0n) is 23.3. The first-order chi connectivity index (χ1) is 19.6. The summed E-state index contributed by atoms with van der Waals surface area (Å²) in [7, 11) is 0. The van der Waals surface area contributed by atoms with E-state index in [-0.39, 0.29) is 41.2 Å². The molecule has 4 aliphatic heterocycles. The van der Waals surface area contributed by atoms with E-state index < -0.39 is 17.5 Å². The largest absolute Gasteiger partial charge is 0.435 e. The summed E-state index contributed by atoms with van der Waals surface area (Å²) < 4.78 is 58.5. The average molecular weight is 576 g/mol. The Morgan fingerprint density at radius 2 is 1.85 bits per heavy atom. The number of morpholine rings is 1. The Morgan fingerprint density at radius 3 is 2.54 bits per heavy atom. The van der Waals surface area contributed by atoms with Crippen LogP contribution in [-0.2, 0) is 15.7 Å². The molecule has 4 unspecified atom stereocenters. The van der Waals surface area contributed by atoms with Gasteiger partial charge in [0.15, 0.2) is 17.2 Å². The number of pyridine rings is 1. The second kappa shape index (κ2) is 9.84. The molecule has 3 aromatic rings. The van der Waals surface area contributed by atoms with Gasteiger partial charge in [-0.15, -0.1) is 0 Å². The van der Waals surface area contributed by atoms with Crippen LogP contribution in [0.5, 0.6) is 0 Å². The number of ether oxygens (including phenoxy) is 2. The number of aromatic nitrogens is 5. The molecule has 1 N–H and O–H groups in total. The number of fused-ring (bicyclic) bond motifs is 3. The van der Waals surface area contributed by atoms with E-state index >= 15 is 0 Å². The number of hydrogen-bond donors (Lipinski definition) is 1. The molecule has 10 nitrogen and oxygen atoms in total. The van der Waals surface area contributed by atoms with Crippen molar-refractivity contribution in [2.45, 2.75) is 94.9 Å². The summed E-state index contributed by atoms with van der Waals surface area (Å²) in [5.41, 5.74) is -1.30. The topological polar surface area (TPSA) is 93.7 Å². The molecular formula is C28H36F3N7O3. The second-order valence-corrected chi connectivity index (χ2v) is 12.3. The predicted molar refractivity (Wildman–Crippen MR) is 145 cm³/mol. The highest BCUT2D eigenvalue weighted by Crippen LogP contribution is 2.44. The fourth-order valence-electron chi connectivity index (χ4n) is 7.13. The lowest BCUT2D eigenvalue weighted by molar-refractivity contribution is -0.140. The summed E-state index contributed by atoms with van der Waals surface area (Å²) in [5.74, 6) is 0.882. The third kappa shape index (κ3) is 4.75. The number of hydrogen-bond acceptors (Lipinski definition) is 8. The zero-order chi connectivity index (χ0) is 28.5. The fourth-order valence-corrected chi connectivity index (χ4v) is 7.13. The van der Waals surface area contributed by atoms with E-state index in [0.717, 1.165) is 32.1 Å². The van der Waals surface area contributed by atoms with E-state index in [1.165, 1.54) is 4.68 Å². The van der Waals surface area contributed by atoms with Gasteiger partial charge in [0, 0.05) is 37.5 Å². The van der Waals surface area contributed by atoms with E-state index in [1.54, 1.807) is 29.9 Å². The number of alkyl halides is 3. The highest BCUT2D eigenvalue weighted by atomic mass is 19.4. The van der Waals surface area contributed by atoms with Crippen molar-refractivity contribution in [2.24, 2.45) is 0 Å². The number of halogens is 3. The fraction of sp³-hybridized carbons (Fsp3) is 0.679. The van der Waals surface area contributed by atoms with E-state index in [1.807, 2.05) is 11.8 Å². The molecule has 7 heterocycles. The van der Waals surface area contributed by atoms with Gasteiger partial charge in [-0.25, -0.2) is 9.67 Å². The molecule has 4 fully saturated rings. The van der Waals surface area contributed by atoms with Crippen LogP contribution in [0.15, 0.2) is 18.3 Å². The van der Waals surface area contributed by atoms with Gasteiger partial charge in [0.1, 0.15) is 12.0 Å². The van der Waals surface area contributed by atoms with Crippen LogP contribution in [-0.4, -0.2) is 79.7 Å². The molecule has 0 radical (unpaired) electrons. The molecule has 7 rings (SSSR count). The highest BCUT2D eigenvalue weighted by Gasteiger charge is 2.43. The highest BCUT2D eigenvalue weighted by molar-refractivity contribution is 5.95. The summed E-state index contributed by atoms with van der Waals surface area (Å²) in [6, 6.07) is 3.51. The van der Waals surface area contributed by atoms with Crippen LogP contribution in [0.25, 0.3) is 16.9 Å². The molecule has 5 atom stereocenters. The van der Waals surface area contributed by atoms with Gasteiger partial charge in [-0.3, -0.25) is 0 Å². The quantitative estimate of drug-likeness (QED) is 0.488. The molecule has 3 aromatic heterocycles. The Hall–Kier alpha value is -2.90. The van der Waals surface area contributed by atoms with Crippen molar-refractivity contribution in [3.05, 3.63) is 24.0 Å². The van der Waals surface area contributed by atoms with E-state index in [0.29, 0.717) is 50.7 Å². The molecule has 0 aliphatic carbocycles. The van der Waals surface area contributed by atoms with E-state index in [9.17, 15) is 18.3 Å². The summed E-state index contributed by atoms with van der Waals surface area (Å²) >= 11 is 0. The van der Waals surface area contributed by atoms with Gasteiger partial charge in [0.2, 0.25) is 0 Å². The van der Waals surface area contributed by atoms with Crippen LogP contribution in [0, 0.1) is 0 Å². The van der Waals surface area contributed by atoms with Crippen LogP contribution in [0.4, 0.5) is 24.7 Å². The van der Waals surface area contributed by atoms with Gasteiger partial charge < -0.3 is 24.4 Å². The van der Waals surface area contributed by atoms with Gasteiger partial charge >= 0.3 is 6.18 Å². The summed E-state index contributed by atoms with van der Waals surface area (Å²) in [6.45, 7) is 5.90. The first-order valence-corrected chi connectivity index (χ1v) is 14.6. The number of aliphatic hydroxyl groups is 1. The van der Waals surface area contributed by atoms with E-state index in [4.69, 9.17) is 14.5 Å². The predicted octanol–water partition coefficient (Wildman–Crippen LogP) is 4.44. The van der Waals surface area contributed by atoms with Crippen molar-refractivity contribution < 1.29 is 27.8 Å². The SMILES string of the molecule is C[C@@H]1CC(C)(O)CCN1c1cc(N2C3CCC2COC3)nc2c1c(C(F)(F)F)nn2-c1ccn(C2CCCCO2)n1. The number of piperidine rings is 1. The van der Waals surface area contributed by atoms with Crippen molar-refractivity contribution in [2.75, 3.05) is 36.2 Å². The summed E-state index contributed by atoms with van der Waals surface area (Å²) in [5, 5.41) is 19.4. The van der Waals surface area contributed by atoms with Gasteiger partial charge in [-0.05, 0) is 58.8 Å². The molecule has 13 heteroatoms. The third-order valence-corrected chi connectivity index (χ3v) is 9.11. The van der Waals surface area contributed by atoms with Crippen LogP contribution in [0.2, 0.25) is 0 Å². The minimum atomic E-state index is -4.71. The second-order valence-electron chi connectivity index (χ2n) is 12.3. The van der Waals surface area contributed by atoms with Gasteiger partial charge in [0.05, 0.1) is 42.0 Å². The van der Waals surface area contributed by atoms with Crippen molar-refractivity contribution in [3.8, 4) is 5.82 Å². The molecule has 4 saturated heterocycles. The number of rotatable bonds is 4. The maximum atomic E-state index is 14.7. The Balaban J connectivity index is 1.42. The maximum absolute atomic E-state index is 14.7.